The predicted octanol–water partition coefficient (Wildman–Crippen LogP) is 3.86. The Morgan fingerprint density at radius 2 is 1.93 bits per heavy atom. The number of nitrogens with one attached hydrogen (secondary N) is 1. The maximum absolute atomic E-state index is 12.5. The number of fused-ring (bicyclic) bond motifs is 1. The molecule has 0 radical (unpaired) electrons. The van der Waals surface area contributed by atoms with Gasteiger partial charge in [-0.15, -0.1) is 0 Å². The summed E-state index contributed by atoms with van der Waals surface area (Å²) < 4.78 is 0. The minimum atomic E-state index is -0.919. The van der Waals surface area contributed by atoms with E-state index in [1.807, 2.05) is 0 Å². The minimum Gasteiger partial charge on any atom is -0.481 e. The first-order chi connectivity index (χ1) is 14.5. The normalized spacial score (nSPS) is 16.9. The molecule has 7 nitrogen and oxygen atoms in total. The van der Waals surface area contributed by atoms with Crippen molar-refractivity contribution in [2.24, 2.45) is 4.99 Å². The lowest BCUT2D eigenvalue weighted by Crippen LogP contribution is -2.27. The van der Waals surface area contributed by atoms with Crippen molar-refractivity contribution in [1.29, 1.82) is 0 Å². The van der Waals surface area contributed by atoms with Crippen LogP contribution in [0.4, 0.5) is 0 Å². The second-order valence-corrected chi connectivity index (χ2v) is 8.00. The van der Waals surface area contributed by atoms with E-state index in [1.54, 1.807) is 19.3 Å². The van der Waals surface area contributed by atoms with Gasteiger partial charge >= 0.3 is 5.97 Å². The summed E-state index contributed by atoms with van der Waals surface area (Å²) in [4.78, 5) is 36.6. The van der Waals surface area contributed by atoms with Crippen LogP contribution in [0.3, 0.4) is 0 Å². The lowest BCUT2D eigenvalue weighted by atomic mass is 9.91. The number of Topliss-reactive ketones (excluding diaryl/α,β-unsaturated/α-hetero) is 1. The van der Waals surface area contributed by atoms with Gasteiger partial charge in [-0.05, 0) is 62.7 Å². The fourth-order valence-corrected chi connectivity index (χ4v) is 3.81. The van der Waals surface area contributed by atoms with Crippen molar-refractivity contribution in [2.75, 3.05) is 6.54 Å². The molecule has 3 heterocycles. The number of aromatic nitrogens is 2. The Labute approximate surface area is 177 Å². The highest BCUT2D eigenvalue weighted by Gasteiger charge is 2.20. The number of carboxylic acid groups (broad SMARTS) is 1. The van der Waals surface area contributed by atoms with Gasteiger partial charge in [-0.25, -0.2) is 9.97 Å². The maximum atomic E-state index is 12.5. The van der Waals surface area contributed by atoms with Crippen molar-refractivity contribution >= 4 is 17.6 Å². The van der Waals surface area contributed by atoms with E-state index in [-0.39, 0.29) is 24.5 Å². The molecule has 2 N–H and O–H groups in total. The number of aryl methyl sites for hydroxylation is 1. The van der Waals surface area contributed by atoms with Gasteiger partial charge < -0.3 is 10.4 Å². The van der Waals surface area contributed by atoms with Crippen LogP contribution in [0.5, 0.6) is 0 Å². The molecule has 1 atom stereocenters. The summed E-state index contributed by atoms with van der Waals surface area (Å²) in [7, 11) is 0. The zero-order valence-corrected chi connectivity index (χ0v) is 17.6. The molecule has 0 saturated carbocycles. The average Bonchev–Trinajstić information content (AvgIpc) is 2.96. The number of aliphatic carboxylic acids is 1. The Morgan fingerprint density at radius 1 is 1.13 bits per heavy atom. The van der Waals surface area contributed by atoms with Crippen molar-refractivity contribution in [3.8, 4) is 0 Å². The van der Waals surface area contributed by atoms with Gasteiger partial charge in [0.15, 0.2) is 0 Å². The van der Waals surface area contributed by atoms with E-state index < -0.39 is 5.97 Å². The summed E-state index contributed by atoms with van der Waals surface area (Å²) in [5.41, 5.74) is 3.14. The van der Waals surface area contributed by atoms with Crippen molar-refractivity contribution in [3.63, 3.8) is 0 Å². The molecule has 0 unspecified atom stereocenters. The summed E-state index contributed by atoms with van der Waals surface area (Å²) in [5, 5.41) is 12.6. The molecule has 3 rings (SSSR count). The van der Waals surface area contributed by atoms with Gasteiger partial charge in [-0.3, -0.25) is 14.6 Å². The van der Waals surface area contributed by atoms with Gasteiger partial charge in [0.1, 0.15) is 17.4 Å². The number of allylic oxidation sites excluding steroid dienone is 3. The molecule has 7 heteroatoms. The molecule has 2 aliphatic heterocycles. The Morgan fingerprint density at radius 3 is 2.70 bits per heavy atom. The second-order valence-electron chi connectivity index (χ2n) is 8.00. The summed E-state index contributed by atoms with van der Waals surface area (Å²) >= 11 is 0. The highest BCUT2D eigenvalue weighted by molar-refractivity contribution is 6.00. The van der Waals surface area contributed by atoms with Crippen molar-refractivity contribution in [3.05, 3.63) is 47.2 Å². The molecular formula is C23H30N4O3. The molecule has 0 aliphatic carbocycles. The van der Waals surface area contributed by atoms with Crippen molar-refractivity contribution < 1.29 is 14.7 Å². The highest BCUT2D eigenvalue weighted by atomic mass is 16.4. The molecule has 2 aliphatic rings. The van der Waals surface area contributed by atoms with Crippen LogP contribution in [-0.2, 0) is 9.59 Å². The van der Waals surface area contributed by atoms with E-state index in [0.29, 0.717) is 17.8 Å². The topological polar surface area (TPSA) is 105 Å². The van der Waals surface area contributed by atoms with Gasteiger partial charge in [0.25, 0.3) is 0 Å². The molecule has 1 aromatic heterocycles. The monoisotopic (exact) mass is 410 g/mol. The van der Waals surface area contributed by atoms with E-state index in [9.17, 15) is 14.7 Å². The Balaban J connectivity index is 1.45. The van der Waals surface area contributed by atoms with Crippen LogP contribution in [0.15, 0.2) is 40.8 Å². The lowest BCUT2D eigenvalue weighted by molar-refractivity contribution is -0.137. The zero-order valence-electron chi connectivity index (χ0n) is 17.6. The van der Waals surface area contributed by atoms with Crippen LogP contribution >= 0.6 is 0 Å². The second kappa shape index (κ2) is 10.8. The number of carbonyl (C=O) groups excluding carboxylic acids is 1. The molecule has 0 fully saturated rings. The molecule has 0 bridgehead atoms. The van der Waals surface area contributed by atoms with E-state index in [4.69, 9.17) is 0 Å². The Kier molecular flexibility index (Phi) is 7.88. The standard InChI is InChI=1S/C23H30N4O3/c1-16-25-14-19(15-26-16)18(13-22(29)30)12-21(28)8-3-2-7-20-10-9-17-6-4-5-11-24-23(17)27-20/h9-10,14-15,18H,2-8,11-13H2,1H3,(H,24,27)(H,29,30)/t18-/m1/s1. The first-order valence-electron chi connectivity index (χ1n) is 10.7. The molecule has 1 aromatic rings. The number of amidine groups is 1. The van der Waals surface area contributed by atoms with Crippen molar-refractivity contribution in [1.82, 2.24) is 15.3 Å². The van der Waals surface area contributed by atoms with Gasteiger partial charge in [-0.1, -0.05) is 6.08 Å². The molecule has 30 heavy (non-hydrogen) atoms. The smallest absolute Gasteiger partial charge is 0.303 e. The molecule has 0 aromatic carbocycles. The largest absolute Gasteiger partial charge is 0.481 e. The quantitative estimate of drug-likeness (QED) is 0.568. The summed E-state index contributed by atoms with van der Waals surface area (Å²) in [6.07, 6.45) is 14.1. The molecule has 0 saturated heterocycles. The number of unbranched alkanes of at least 4 members (excludes halogenated alkanes) is 1. The number of nitrogens with zero attached hydrogens (tertiary/aromatic N) is 3. The molecule has 160 valence electrons. The molecule has 0 amide bonds. The lowest BCUT2D eigenvalue weighted by Gasteiger charge is -2.18. The first kappa shape index (κ1) is 21.9. The molecular weight excluding hydrogens is 380 g/mol. The van der Waals surface area contributed by atoms with Crippen molar-refractivity contribution in [2.45, 2.75) is 70.6 Å². The number of rotatable bonds is 10. The maximum Gasteiger partial charge on any atom is 0.303 e. The van der Waals surface area contributed by atoms with E-state index in [2.05, 4.69) is 32.4 Å². The van der Waals surface area contributed by atoms with Gasteiger partial charge in [0, 0.05) is 43.4 Å². The number of ketones is 1. The third kappa shape index (κ3) is 6.61. The van der Waals surface area contributed by atoms with E-state index in [1.165, 1.54) is 12.0 Å². The highest BCUT2D eigenvalue weighted by Crippen LogP contribution is 2.24. The van der Waals surface area contributed by atoms with Crippen LogP contribution in [-0.4, -0.2) is 39.2 Å². The van der Waals surface area contributed by atoms with Crippen LogP contribution in [0.25, 0.3) is 0 Å². The zero-order chi connectivity index (χ0) is 21.3. The SMILES string of the molecule is Cc1ncc([C@@H](CC(=O)O)CC(=O)CCCCC2=CC=C3CCCCN=C3N2)cn1. The van der Waals surface area contributed by atoms with E-state index in [0.717, 1.165) is 50.2 Å². The Hall–Kier alpha value is -2.83. The van der Waals surface area contributed by atoms with Gasteiger partial charge in [-0.2, -0.15) is 0 Å². The van der Waals surface area contributed by atoms with Crippen LogP contribution in [0.1, 0.15) is 75.1 Å². The third-order valence-electron chi connectivity index (χ3n) is 5.51. The van der Waals surface area contributed by atoms with Crippen LogP contribution in [0.2, 0.25) is 0 Å². The van der Waals surface area contributed by atoms with Crippen LogP contribution in [0, 0.1) is 6.92 Å². The Bertz CT molecular complexity index is 856. The number of hydrogen-bond acceptors (Lipinski definition) is 6. The summed E-state index contributed by atoms with van der Waals surface area (Å²) in [6, 6.07) is 0. The van der Waals surface area contributed by atoms with Crippen LogP contribution < -0.4 is 5.32 Å². The van der Waals surface area contributed by atoms with Gasteiger partial charge in [0.05, 0.1) is 6.42 Å². The first-order valence-corrected chi connectivity index (χ1v) is 10.7. The number of hydrogen-bond donors (Lipinski definition) is 2. The predicted molar refractivity (Wildman–Crippen MR) is 115 cm³/mol. The molecule has 0 spiro atoms. The van der Waals surface area contributed by atoms with E-state index >= 15 is 0 Å². The fourth-order valence-electron chi connectivity index (χ4n) is 3.81. The minimum absolute atomic E-state index is 0.0859. The average molecular weight is 411 g/mol. The third-order valence-corrected chi connectivity index (χ3v) is 5.51. The number of carbonyl (C=O) groups is 2. The number of aliphatic imine (C=N–C) groups is 1. The van der Waals surface area contributed by atoms with Gasteiger partial charge in [0.2, 0.25) is 0 Å². The summed E-state index contributed by atoms with van der Waals surface area (Å²) in [6.45, 7) is 2.65. The number of carboxylic acids is 1. The number of dihydropyridines is 1. The summed E-state index contributed by atoms with van der Waals surface area (Å²) in [5.74, 6) is 0.426. The fraction of sp³-hybridized carbons (Fsp3) is 0.522.